The zero-order valence-corrected chi connectivity index (χ0v) is 12.9. The van der Waals surface area contributed by atoms with E-state index < -0.39 is 0 Å². The average Bonchev–Trinajstić information content (AvgIpc) is 2.52. The lowest BCUT2D eigenvalue weighted by atomic mass is 9.91. The van der Waals surface area contributed by atoms with Crippen molar-refractivity contribution in [1.29, 1.82) is 5.41 Å². The molecule has 0 amide bonds. The summed E-state index contributed by atoms with van der Waals surface area (Å²) in [5.74, 6) is 5.64. The van der Waals surface area contributed by atoms with Crippen LogP contribution in [0.25, 0.3) is 0 Å². The van der Waals surface area contributed by atoms with Gasteiger partial charge in [-0.05, 0) is 25.5 Å². The van der Waals surface area contributed by atoms with Crippen molar-refractivity contribution in [3.63, 3.8) is 0 Å². The Labute approximate surface area is 130 Å². The van der Waals surface area contributed by atoms with Crippen LogP contribution in [0.2, 0.25) is 0 Å². The number of rotatable bonds is 1. The number of hydrogen-bond acceptors (Lipinski definition) is 4. The fourth-order valence-corrected chi connectivity index (χ4v) is 2.95. The first-order chi connectivity index (χ1) is 10.6. The van der Waals surface area contributed by atoms with Gasteiger partial charge in [0.05, 0.1) is 5.71 Å². The van der Waals surface area contributed by atoms with Crippen LogP contribution in [-0.2, 0) is 6.54 Å². The quantitative estimate of drug-likeness (QED) is 0.626. The summed E-state index contributed by atoms with van der Waals surface area (Å²) in [6.07, 6.45) is 0. The van der Waals surface area contributed by atoms with E-state index in [1.54, 1.807) is 0 Å². The van der Waals surface area contributed by atoms with Gasteiger partial charge in [-0.3, -0.25) is 5.41 Å². The predicted molar refractivity (Wildman–Crippen MR) is 91.8 cm³/mol. The highest BCUT2D eigenvalue weighted by atomic mass is 15.2. The second-order valence-corrected chi connectivity index (χ2v) is 5.75. The van der Waals surface area contributed by atoms with Crippen LogP contribution >= 0.6 is 0 Å². The smallest absolute Gasteiger partial charge is 0.117 e. The molecule has 1 aliphatic heterocycles. The van der Waals surface area contributed by atoms with Crippen LogP contribution in [0.1, 0.15) is 30.5 Å². The molecule has 4 heteroatoms. The Bertz CT molecular complexity index is 746. The summed E-state index contributed by atoms with van der Waals surface area (Å²) < 4.78 is 0. The van der Waals surface area contributed by atoms with Crippen LogP contribution in [0, 0.1) is 5.41 Å². The maximum absolute atomic E-state index is 8.54. The molecule has 3 N–H and O–H groups in total. The Hall–Kier alpha value is -2.62. The number of nitrogens with one attached hydrogen (secondary N) is 1. The lowest BCUT2D eigenvalue weighted by molar-refractivity contribution is 0.681. The van der Waals surface area contributed by atoms with Gasteiger partial charge >= 0.3 is 0 Å². The summed E-state index contributed by atoms with van der Waals surface area (Å²) in [4.78, 5) is 2.33. The SMILES string of the molecule is CC(C)N1Cc2ccccc2C(=N)/C(=N\N)c2ccccc21. The number of hydrogen-bond donors (Lipinski definition) is 2. The molecular weight excluding hydrogens is 272 g/mol. The number of benzene rings is 2. The van der Waals surface area contributed by atoms with Crippen LogP contribution in [0.4, 0.5) is 5.69 Å². The molecule has 1 aliphatic rings. The molecule has 0 spiro atoms. The third-order valence-electron chi connectivity index (χ3n) is 4.09. The summed E-state index contributed by atoms with van der Waals surface area (Å²) in [6, 6.07) is 16.4. The van der Waals surface area contributed by atoms with Gasteiger partial charge in [0.25, 0.3) is 0 Å². The Balaban J connectivity index is 2.28. The number of nitrogens with two attached hydrogens (primary N) is 1. The van der Waals surface area contributed by atoms with E-state index in [0.29, 0.717) is 17.5 Å². The Morgan fingerprint density at radius 1 is 1.05 bits per heavy atom. The first-order valence-electron chi connectivity index (χ1n) is 7.44. The van der Waals surface area contributed by atoms with Crippen molar-refractivity contribution < 1.29 is 0 Å². The monoisotopic (exact) mass is 292 g/mol. The van der Waals surface area contributed by atoms with E-state index in [0.717, 1.165) is 28.9 Å². The molecule has 2 aromatic rings. The number of fused-ring (bicyclic) bond motifs is 2. The average molecular weight is 292 g/mol. The zero-order chi connectivity index (χ0) is 15.7. The number of para-hydroxylation sites is 1. The maximum Gasteiger partial charge on any atom is 0.117 e. The van der Waals surface area contributed by atoms with Gasteiger partial charge in [0.15, 0.2) is 0 Å². The summed E-state index contributed by atoms with van der Waals surface area (Å²) in [7, 11) is 0. The summed E-state index contributed by atoms with van der Waals surface area (Å²) in [5.41, 5.74) is 4.92. The highest BCUT2D eigenvalue weighted by Crippen LogP contribution is 2.29. The molecule has 0 aromatic heterocycles. The summed E-state index contributed by atoms with van der Waals surface area (Å²) in [5, 5.41) is 12.5. The van der Waals surface area contributed by atoms with E-state index in [1.807, 2.05) is 36.4 Å². The molecule has 0 aliphatic carbocycles. The van der Waals surface area contributed by atoms with Gasteiger partial charge in [-0.2, -0.15) is 5.10 Å². The van der Waals surface area contributed by atoms with Crippen LogP contribution in [0.15, 0.2) is 53.6 Å². The van der Waals surface area contributed by atoms with Gasteiger partial charge in [0, 0.05) is 29.4 Å². The van der Waals surface area contributed by atoms with E-state index in [1.165, 1.54) is 0 Å². The Morgan fingerprint density at radius 2 is 1.68 bits per heavy atom. The molecule has 0 atom stereocenters. The van der Waals surface area contributed by atoms with Gasteiger partial charge < -0.3 is 10.7 Å². The fourth-order valence-electron chi connectivity index (χ4n) is 2.95. The van der Waals surface area contributed by atoms with Crippen molar-refractivity contribution >= 4 is 17.1 Å². The lowest BCUT2D eigenvalue weighted by Crippen LogP contribution is -2.35. The Kier molecular flexibility index (Phi) is 3.67. The molecular formula is C18H20N4. The topological polar surface area (TPSA) is 65.5 Å². The second kappa shape index (κ2) is 5.64. The van der Waals surface area contributed by atoms with Gasteiger partial charge in [0.1, 0.15) is 5.71 Å². The van der Waals surface area contributed by atoms with E-state index in [-0.39, 0.29) is 0 Å². The zero-order valence-electron chi connectivity index (χ0n) is 12.9. The van der Waals surface area contributed by atoms with Crippen molar-refractivity contribution in [2.45, 2.75) is 26.4 Å². The molecule has 0 saturated heterocycles. The van der Waals surface area contributed by atoms with Crippen molar-refractivity contribution in [2.75, 3.05) is 4.90 Å². The van der Waals surface area contributed by atoms with Crippen LogP contribution in [0.3, 0.4) is 0 Å². The summed E-state index contributed by atoms with van der Waals surface area (Å²) >= 11 is 0. The molecule has 0 radical (unpaired) electrons. The highest BCUT2D eigenvalue weighted by Gasteiger charge is 2.25. The van der Waals surface area contributed by atoms with E-state index in [2.05, 4.69) is 36.0 Å². The third-order valence-corrected chi connectivity index (χ3v) is 4.09. The van der Waals surface area contributed by atoms with Crippen molar-refractivity contribution in [2.24, 2.45) is 10.9 Å². The van der Waals surface area contributed by atoms with Crippen LogP contribution in [0.5, 0.6) is 0 Å². The molecule has 0 saturated carbocycles. The minimum absolute atomic E-state index is 0.334. The number of hydrazone groups is 1. The van der Waals surface area contributed by atoms with Gasteiger partial charge in [-0.1, -0.05) is 42.5 Å². The minimum Gasteiger partial charge on any atom is -0.364 e. The molecule has 22 heavy (non-hydrogen) atoms. The Morgan fingerprint density at radius 3 is 2.36 bits per heavy atom. The molecule has 0 bridgehead atoms. The van der Waals surface area contributed by atoms with E-state index in [4.69, 9.17) is 11.3 Å². The van der Waals surface area contributed by atoms with Crippen molar-refractivity contribution in [3.8, 4) is 0 Å². The van der Waals surface area contributed by atoms with Crippen molar-refractivity contribution in [3.05, 3.63) is 65.2 Å². The molecule has 0 fully saturated rings. The first-order valence-corrected chi connectivity index (χ1v) is 7.44. The summed E-state index contributed by atoms with van der Waals surface area (Å²) in [6.45, 7) is 5.11. The normalized spacial score (nSPS) is 16.2. The second-order valence-electron chi connectivity index (χ2n) is 5.75. The predicted octanol–water partition coefficient (Wildman–Crippen LogP) is 3.15. The largest absolute Gasteiger partial charge is 0.364 e. The molecule has 1 heterocycles. The van der Waals surface area contributed by atoms with Gasteiger partial charge in [-0.25, -0.2) is 0 Å². The van der Waals surface area contributed by atoms with Crippen LogP contribution < -0.4 is 10.7 Å². The molecule has 2 aromatic carbocycles. The lowest BCUT2D eigenvalue weighted by Gasteiger charge is -2.33. The third kappa shape index (κ3) is 2.26. The molecule has 0 unspecified atom stereocenters. The molecule has 112 valence electrons. The fraction of sp³-hybridized carbons (Fsp3) is 0.222. The number of anilines is 1. The highest BCUT2D eigenvalue weighted by molar-refractivity contribution is 6.53. The van der Waals surface area contributed by atoms with E-state index >= 15 is 0 Å². The van der Waals surface area contributed by atoms with Crippen LogP contribution in [-0.4, -0.2) is 17.5 Å². The standard InChI is InChI=1S/C18H20N4/c1-12(2)22-11-13-7-3-4-8-14(13)17(19)18(21-20)15-9-5-6-10-16(15)22/h3-10,12,19H,11,20H2,1-2H3/b19-17?,21-18-. The molecule has 4 nitrogen and oxygen atoms in total. The first kappa shape index (κ1) is 14.3. The molecule has 3 rings (SSSR count). The number of nitrogens with zero attached hydrogens (tertiary/aromatic N) is 2. The minimum atomic E-state index is 0.334. The van der Waals surface area contributed by atoms with Crippen molar-refractivity contribution in [1.82, 2.24) is 0 Å². The van der Waals surface area contributed by atoms with Gasteiger partial charge in [0.2, 0.25) is 0 Å². The maximum atomic E-state index is 8.54. The van der Waals surface area contributed by atoms with E-state index in [9.17, 15) is 0 Å². The van der Waals surface area contributed by atoms with Gasteiger partial charge in [-0.15, -0.1) is 0 Å².